The number of hydrogen-bond donors (Lipinski definition) is 1. The van der Waals surface area contributed by atoms with Crippen LogP contribution in [0.25, 0.3) is 5.57 Å². The lowest BCUT2D eigenvalue weighted by atomic mass is 9.87. The number of carbonyl (C=O) groups excluding carboxylic acids is 1. The van der Waals surface area contributed by atoms with Gasteiger partial charge >= 0.3 is 0 Å². The normalized spacial score (nSPS) is 19.5. The maximum atomic E-state index is 12.7. The van der Waals surface area contributed by atoms with E-state index in [0.717, 1.165) is 11.1 Å². The standard InChI is InChI=1S/C23H23NO4/c1-4-14-28-22-21(20(25)15-16(2)17-8-6-5-7-9-17)24(23(22)26)18-10-12-19(27-3)13-11-18/h1,5-13,20-22,25H,2,14-15H2,3H3/t20-,21+,22-/m1/s1. The number of anilines is 1. The molecular weight excluding hydrogens is 354 g/mol. The van der Waals surface area contributed by atoms with Crippen molar-refractivity contribution in [2.75, 3.05) is 18.6 Å². The third-order valence-corrected chi connectivity index (χ3v) is 4.82. The molecule has 1 heterocycles. The maximum absolute atomic E-state index is 12.7. The zero-order chi connectivity index (χ0) is 20.1. The molecule has 1 aliphatic heterocycles. The van der Waals surface area contributed by atoms with Crippen LogP contribution >= 0.6 is 0 Å². The number of amides is 1. The second-order valence-electron chi connectivity index (χ2n) is 6.57. The number of carbonyl (C=O) groups is 1. The van der Waals surface area contributed by atoms with E-state index in [-0.39, 0.29) is 12.5 Å². The van der Waals surface area contributed by atoms with Crippen molar-refractivity contribution in [3.63, 3.8) is 0 Å². The summed E-state index contributed by atoms with van der Waals surface area (Å²) in [5, 5.41) is 10.9. The fourth-order valence-corrected chi connectivity index (χ4v) is 3.37. The van der Waals surface area contributed by atoms with Crippen molar-refractivity contribution in [2.45, 2.75) is 24.7 Å². The van der Waals surface area contributed by atoms with Gasteiger partial charge in [0.2, 0.25) is 0 Å². The molecule has 0 aromatic heterocycles. The Balaban J connectivity index is 1.80. The van der Waals surface area contributed by atoms with Crippen molar-refractivity contribution < 1.29 is 19.4 Å². The highest BCUT2D eigenvalue weighted by Crippen LogP contribution is 2.35. The predicted molar refractivity (Wildman–Crippen MR) is 109 cm³/mol. The first-order chi connectivity index (χ1) is 13.6. The van der Waals surface area contributed by atoms with E-state index < -0.39 is 18.2 Å². The minimum Gasteiger partial charge on any atom is -0.497 e. The Hall–Kier alpha value is -3.07. The molecule has 0 bridgehead atoms. The number of ether oxygens (including phenoxy) is 2. The summed E-state index contributed by atoms with van der Waals surface area (Å²) in [6.45, 7) is 4.09. The number of hydrogen-bond acceptors (Lipinski definition) is 4. The summed E-state index contributed by atoms with van der Waals surface area (Å²) in [6.07, 6.45) is 3.94. The van der Waals surface area contributed by atoms with Gasteiger partial charge < -0.3 is 19.5 Å². The maximum Gasteiger partial charge on any atom is 0.258 e. The summed E-state index contributed by atoms with van der Waals surface area (Å²) in [5.41, 5.74) is 2.41. The number of methoxy groups -OCH3 is 1. The van der Waals surface area contributed by atoms with Crippen LogP contribution in [-0.2, 0) is 9.53 Å². The van der Waals surface area contributed by atoms with Crippen molar-refractivity contribution in [1.29, 1.82) is 0 Å². The van der Waals surface area contributed by atoms with E-state index in [4.69, 9.17) is 15.9 Å². The average molecular weight is 377 g/mol. The highest BCUT2D eigenvalue weighted by Gasteiger charge is 2.52. The van der Waals surface area contributed by atoms with Gasteiger partial charge in [-0.3, -0.25) is 4.79 Å². The molecule has 5 heteroatoms. The summed E-state index contributed by atoms with van der Waals surface area (Å²) >= 11 is 0. The van der Waals surface area contributed by atoms with Gasteiger partial charge in [0.05, 0.1) is 19.3 Å². The molecule has 0 spiro atoms. The molecule has 0 aliphatic carbocycles. The van der Waals surface area contributed by atoms with Crippen molar-refractivity contribution in [3.05, 3.63) is 66.7 Å². The van der Waals surface area contributed by atoms with Crippen LogP contribution in [0, 0.1) is 12.3 Å². The monoisotopic (exact) mass is 377 g/mol. The largest absolute Gasteiger partial charge is 0.497 e. The molecule has 1 aliphatic rings. The third-order valence-electron chi connectivity index (χ3n) is 4.82. The van der Waals surface area contributed by atoms with Crippen LogP contribution < -0.4 is 9.64 Å². The van der Waals surface area contributed by atoms with Gasteiger partial charge in [0, 0.05) is 12.1 Å². The zero-order valence-electron chi connectivity index (χ0n) is 15.7. The Bertz CT molecular complexity index is 870. The quantitative estimate of drug-likeness (QED) is 0.568. The van der Waals surface area contributed by atoms with Gasteiger partial charge in [0.15, 0.2) is 6.10 Å². The molecule has 0 saturated carbocycles. The Morgan fingerprint density at radius 2 is 1.93 bits per heavy atom. The number of benzene rings is 2. The van der Waals surface area contributed by atoms with E-state index in [1.807, 2.05) is 30.3 Å². The second kappa shape index (κ2) is 8.75. The summed E-state index contributed by atoms with van der Waals surface area (Å²) in [6, 6.07) is 16.2. The molecule has 28 heavy (non-hydrogen) atoms. The molecule has 2 aromatic carbocycles. The van der Waals surface area contributed by atoms with Crippen molar-refractivity contribution >= 4 is 17.2 Å². The van der Waals surface area contributed by atoms with Gasteiger partial charge in [-0.15, -0.1) is 6.42 Å². The first-order valence-corrected chi connectivity index (χ1v) is 9.00. The average Bonchev–Trinajstić information content (AvgIpc) is 2.73. The molecule has 5 nitrogen and oxygen atoms in total. The van der Waals surface area contributed by atoms with Gasteiger partial charge in [-0.2, -0.15) is 0 Å². The molecule has 1 saturated heterocycles. The van der Waals surface area contributed by atoms with Gasteiger partial charge in [-0.25, -0.2) is 0 Å². The van der Waals surface area contributed by atoms with Crippen LogP contribution in [0.3, 0.4) is 0 Å². The van der Waals surface area contributed by atoms with Crippen LogP contribution in [0.2, 0.25) is 0 Å². The lowest BCUT2D eigenvalue weighted by Gasteiger charge is -2.48. The van der Waals surface area contributed by atoms with E-state index in [0.29, 0.717) is 17.9 Å². The second-order valence-corrected chi connectivity index (χ2v) is 6.57. The first-order valence-electron chi connectivity index (χ1n) is 9.00. The summed E-state index contributed by atoms with van der Waals surface area (Å²) in [5.74, 6) is 2.83. The summed E-state index contributed by atoms with van der Waals surface area (Å²) in [4.78, 5) is 14.2. The number of aliphatic hydroxyl groups excluding tert-OH is 1. The molecule has 3 rings (SSSR count). The van der Waals surface area contributed by atoms with Crippen LogP contribution in [0.5, 0.6) is 5.75 Å². The Morgan fingerprint density at radius 1 is 1.25 bits per heavy atom. The van der Waals surface area contributed by atoms with E-state index in [2.05, 4.69) is 12.5 Å². The Kier molecular flexibility index (Phi) is 6.15. The van der Waals surface area contributed by atoms with Crippen LogP contribution in [-0.4, -0.2) is 43.0 Å². The Labute approximate surface area is 165 Å². The van der Waals surface area contributed by atoms with E-state index in [1.54, 1.807) is 36.3 Å². The molecule has 3 atom stereocenters. The number of rotatable bonds is 8. The van der Waals surface area contributed by atoms with Gasteiger partial charge in [-0.05, 0) is 35.4 Å². The van der Waals surface area contributed by atoms with Gasteiger partial charge in [0.1, 0.15) is 12.4 Å². The lowest BCUT2D eigenvalue weighted by Crippen LogP contribution is -2.70. The fourth-order valence-electron chi connectivity index (χ4n) is 3.37. The van der Waals surface area contributed by atoms with E-state index in [1.165, 1.54) is 0 Å². The predicted octanol–water partition coefficient (Wildman–Crippen LogP) is 2.89. The van der Waals surface area contributed by atoms with Crippen molar-refractivity contribution in [3.8, 4) is 18.1 Å². The third kappa shape index (κ3) is 3.94. The lowest BCUT2D eigenvalue weighted by molar-refractivity contribution is -0.145. The zero-order valence-corrected chi connectivity index (χ0v) is 15.7. The number of aliphatic hydroxyl groups is 1. The van der Waals surface area contributed by atoms with Crippen LogP contribution in [0.1, 0.15) is 12.0 Å². The van der Waals surface area contributed by atoms with E-state index in [9.17, 15) is 9.90 Å². The molecule has 0 radical (unpaired) electrons. The minimum absolute atomic E-state index is 0.00963. The smallest absolute Gasteiger partial charge is 0.258 e. The molecule has 1 fully saturated rings. The molecule has 2 aromatic rings. The van der Waals surface area contributed by atoms with Gasteiger partial charge in [-0.1, -0.05) is 42.8 Å². The Morgan fingerprint density at radius 3 is 2.54 bits per heavy atom. The van der Waals surface area contributed by atoms with E-state index >= 15 is 0 Å². The molecule has 144 valence electrons. The number of terminal acetylenes is 1. The molecule has 1 amide bonds. The SMILES string of the molecule is C#CCO[C@H]1C(=O)N(c2ccc(OC)cc2)[C@H]1[C@H](O)CC(=C)c1ccccc1. The number of nitrogens with zero attached hydrogens (tertiary/aromatic N) is 1. The highest BCUT2D eigenvalue weighted by atomic mass is 16.5. The summed E-state index contributed by atoms with van der Waals surface area (Å²) in [7, 11) is 1.58. The van der Waals surface area contributed by atoms with Crippen LogP contribution in [0.4, 0.5) is 5.69 Å². The van der Waals surface area contributed by atoms with Gasteiger partial charge in [0.25, 0.3) is 5.91 Å². The van der Waals surface area contributed by atoms with Crippen LogP contribution in [0.15, 0.2) is 61.2 Å². The topological polar surface area (TPSA) is 59.0 Å². The van der Waals surface area contributed by atoms with Crippen molar-refractivity contribution in [1.82, 2.24) is 0 Å². The first kappa shape index (κ1) is 19.7. The molecular formula is C23H23NO4. The van der Waals surface area contributed by atoms with Crippen molar-refractivity contribution in [2.24, 2.45) is 0 Å². The highest BCUT2D eigenvalue weighted by molar-refractivity contribution is 6.05. The summed E-state index contributed by atoms with van der Waals surface area (Å²) < 4.78 is 10.7. The molecule has 1 N–H and O–H groups in total. The minimum atomic E-state index is -0.852. The molecule has 0 unspecified atom stereocenters. The fraction of sp³-hybridized carbons (Fsp3) is 0.261. The number of β-lactam (4-membered cyclic amide) rings is 1.